The van der Waals surface area contributed by atoms with E-state index < -0.39 is 0 Å². The summed E-state index contributed by atoms with van der Waals surface area (Å²) in [6.45, 7) is 4.68. The molecule has 0 saturated heterocycles. The van der Waals surface area contributed by atoms with E-state index in [4.69, 9.17) is 9.26 Å². The average molecular weight is 289 g/mol. The first-order valence-corrected chi connectivity index (χ1v) is 6.69. The number of rotatable bonds is 5. The Labute approximate surface area is 123 Å². The van der Waals surface area contributed by atoms with Gasteiger partial charge in [0.1, 0.15) is 18.1 Å². The first-order chi connectivity index (χ1) is 10.0. The van der Waals surface area contributed by atoms with Crippen molar-refractivity contribution in [2.24, 2.45) is 0 Å². The lowest BCUT2D eigenvalue weighted by atomic mass is 10.2. The van der Waals surface area contributed by atoms with E-state index in [0.29, 0.717) is 24.7 Å². The molecule has 1 heterocycles. The fraction of sp³-hybridized carbons (Fsp3) is 0.333. The number of urea groups is 1. The Morgan fingerprint density at radius 1 is 1.33 bits per heavy atom. The van der Waals surface area contributed by atoms with Gasteiger partial charge in [-0.2, -0.15) is 0 Å². The third-order valence-electron chi connectivity index (χ3n) is 2.93. The number of nitrogens with zero attached hydrogens (tertiary/aromatic N) is 2. The summed E-state index contributed by atoms with van der Waals surface area (Å²) in [6.07, 6.45) is 0. The highest BCUT2D eigenvalue weighted by molar-refractivity contribution is 5.88. The molecule has 0 aliphatic heterocycles. The third kappa shape index (κ3) is 4.52. The van der Waals surface area contributed by atoms with Gasteiger partial charge in [-0.05, 0) is 26.0 Å². The predicted molar refractivity (Wildman–Crippen MR) is 79.6 cm³/mol. The van der Waals surface area contributed by atoms with E-state index in [1.54, 1.807) is 20.0 Å². The summed E-state index contributed by atoms with van der Waals surface area (Å²) in [5.41, 5.74) is 1.18. The minimum absolute atomic E-state index is 0.254. The quantitative estimate of drug-likeness (QED) is 0.919. The van der Waals surface area contributed by atoms with Gasteiger partial charge in [0.25, 0.3) is 0 Å². The van der Waals surface area contributed by atoms with Crippen molar-refractivity contribution < 1.29 is 14.1 Å². The lowest BCUT2D eigenvalue weighted by Gasteiger charge is -2.17. The van der Waals surface area contributed by atoms with Gasteiger partial charge in [-0.3, -0.25) is 5.32 Å². The number of aromatic nitrogens is 1. The Bertz CT molecular complexity index is 592. The maximum Gasteiger partial charge on any atom is 0.322 e. The third-order valence-corrected chi connectivity index (χ3v) is 2.93. The Morgan fingerprint density at radius 2 is 2.05 bits per heavy atom. The molecule has 21 heavy (non-hydrogen) atoms. The number of aryl methyl sites for hydroxylation is 2. The molecule has 2 rings (SSSR count). The highest BCUT2D eigenvalue weighted by Crippen LogP contribution is 2.11. The van der Waals surface area contributed by atoms with Crippen LogP contribution in [0.5, 0.6) is 5.75 Å². The van der Waals surface area contributed by atoms with Crippen LogP contribution in [-0.4, -0.2) is 36.3 Å². The van der Waals surface area contributed by atoms with E-state index in [0.717, 1.165) is 5.75 Å². The molecule has 0 saturated carbocycles. The van der Waals surface area contributed by atoms with Gasteiger partial charge in [0, 0.05) is 13.1 Å². The zero-order valence-electron chi connectivity index (χ0n) is 12.4. The van der Waals surface area contributed by atoms with Crippen LogP contribution in [0.4, 0.5) is 10.6 Å². The van der Waals surface area contributed by atoms with Crippen LogP contribution in [0, 0.1) is 13.8 Å². The lowest BCUT2D eigenvalue weighted by Crippen LogP contribution is -2.34. The van der Waals surface area contributed by atoms with Crippen LogP contribution in [0.3, 0.4) is 0 Å². The van der Waals surface area contributed by atoms with Crippen molar-refractivity contribution in [3.8, 4) is 5.75 Å². The molecular weight excluding hydrogens is 270 g/mol. The van der Waals surface area contributed by atoms with Crippen LogP contribution >= 0.6 is 0 Å². The average Bonchev–Trinajstić information content (AvgIpc) is 2.86. The highest BCUT2D eigenvalue weighted by atomic mass is 16.5. The fourth-order valence-corrected chi connectivity index (χ4v) is 1.67. The molecule has 112 valence electrons. The zero-order valence-corrected chi connectivity index (χ0v) is 12.4. The molecule has 0 bridgehead atoms. The first-order valence-electron chi connectivity index (χ1n) is 6.69. The SMILES string of the molecule is Cc1ccc(OCCN(C)C(=O)Nc2cc(C)on2)cc1. The molecule has 0 fully saturated rings. The number of benzene rings is 1. The lowest BCUT2D eigenvalue weighted by molar-refractivity contribution is 0.207. The van der Waals surface area contributed by atoms with Gasteiger partial charge in [-0.15, -0.1) is 0 Å². The molecule has 0 aliphatic carbocycles. The molecule has 6 nitrogen and oxygen atoms in total. The Hall–Kier alpha value is -2.50. The second-order valence-corrected chi connectivity index (χ2v) is 4.84. The number of nitrogens with one attached hydrogen (secondary N) is 1. The summed E-state index contributed by atoms with van der Waals surface area (Å²) in [6, 6.07) is 9.20. The van der Waals surface area contributed by atoms with Gasteiger partial charge in [0.2, 0.25) is 0 Å². The Morgan fingerprint density at radius 3 is 2.67 bits per heavy atom. The minimum atomic E-state index is -0.254. The Balaban J connectivity index is 1.74. The van der Waals surface area contributed by atoms with Crippen molar-refractivity contribution in [1.29, 1.82) is 0 Å². The molecule has 1 aromatic carbocycles. The monoisotopic (exact) mass is 289 g/mol. The van der Waals surface area contributed by atoms with Gasteiger partial charge >= 0.3 is 6.03 Å². The van der Waals surface area contributed by atoms with Crippen LogP contribution in [0.25, 0.3) is 0 Å². The van der Waals surface area contributed by atoms with E-state index in [-0.39, 0.29) is 6.03 Å². The number of hydrogen-bond acceptors (Lipinski definition) is 4. The van der Waals surface area contributed by atoms with E-state index >= 15 is 0 Å². The largest absolute Gasteiger partial charge is 0.492 e. The maximum absolute atomic E-state index is 11.9. The topological polar surface area (TPSA) is 67.6 Å². The molecule has 2 amide bonds. The van der Waals surface area contributed by atoms with Crippen LogP contribution in [0.1, 0.15) is 11.3 Å². The molecule has 6 heteroatoms. The van der Waals surface area contributed by atoms with Gasteiger partial charge in [-0.25, -0.2) is 4.79 Å². The summed E-state index contributed by atoms with van der Waals surface area (Å²) in [5, 5.41) is 6.35. The fourth-order valence-electron chi connectivity index (χ4n) is 1.67. The number of carbonyl (C=O) groups is 1. The van der Waals surface area contributed by atoms with Crippen molar-refractivity contribution in [3.05, 3.63) is 41.7 Å². The molecule has 1 aromatic heterocycles. The van der Waals surface area contributed by atoms with E-state index in [2.05, 4.69) is 10.5 Å². The molecule has 0 aliphatic rings. The standard InChI is InChI=1S/C15H19N3O3/c1-11-4-6-13(7-5-11)20-9-8-18(3)15(19)16-14-10-12(2)21-17-14/h4-7,10H,8-9H2,1-3H3,(H,16,17,19). The summed E-state index contributed by atoms with van der Waals surface area (Å²) < 4.78 is 10.5. The molecule has 0 atom stereocenters. The van der Waals surface area contributed by atoms with Crippen molar-refractivity contribution >= 4 is 11.8 Å². The summed E-state index contributed by atoms with van der Waals surface area (Å²) >= 11 is 0. The molecule has 0 unspecified atom stereocenters. The molecule has 2 aromatic rings. The second kappa shape index (κ2) is 6.78. The highest BCUT2D eigenvalue weighted by Gasteiger charge is 2.11. The smallest absolute Gasteiger partial charge is 0.322 e. The first kappa shape index (κ1) is 14.9. The Kier molecular flexibility index (Phi) is 4.81. The summed E-state index contributed by atoms with van der Waals surface area (Å²) in [5.74, 6) is 1.85. The molecule has 0 radical (unpaired) electrons. The summed E-state index contributed by atoms with van der Waals surface area (Å²) in [4.78, 5) is 13.4. The predicted octanol–water partition coefficient (Wildman–Crippen LogP) is 2.83. The zero-order chi connectivity index (χ0) is 15.2. The van der Waals surface area contributed by atoms with Crippen LogP contribution in [0.2, 0.25) is 0 Å². The summed E-state index contributed by atoms with van der Waals surface area (Å²) in [7, 11) is 1.70. The van der Waals surface area contributed by atoms with Crippen molar-refractivity contribution in [2.75, 3.05) is 25.5 Å². The molecule has 0 spiro atoms. The van der Waals surface area contributed by atoms with Crippen molar-refractivity contribution in [1.82, 2.24) is 10.1 Å². The van der Waals surface area contributed by atoms with Crippen molar-refractivity contribution in [3.63, 3.8) is 0 Å². The number of amides is 2. The van der Waals surface area contributed by atoms with Crippen LogP contribution < -0.4 is 10.1 Å². The number of carbonyl (C=O) groups excluding carboxylic acids is 1. The number of hydrogen-bond donors (Lipinski definition) is 1. The minimum Gasteiger partial charge on any atom is -0.492 e. The van der Waals surface area contributed by atoms with Crippen molar-refractivity contribution in [2.45, 2.75) is 13.8 Å². The van der Waals surface area contributed by atoms with Gasteiger partial charge in [-0.1, -0.05) is 22.9 Å². The van der Waals surface area contributed by atoms with E-state index in [9.17, 15) is 4.79 Å². The number of anilines is 1. The number of likely N-dealkylation sites (N-methyl/N-ethyl adjacent to an activating group) is 1. The van der Waals surface area contributed by atoms with Crippen LogP contribution in [0.15, 0.2) is 34.9 Å². The molecular formula is C15H19N3O3. The van der Waals surface area contributed by atoms with E-state index in [1.807, 2.05) is 31.2 Å². The van der Waals surface area contributed by atoms with Gasteiger partial charge in [0.05, 0.1) is 6.54 Å². The molecule has 1 N–H and O–H groups in total. The second-order valence-electron chi connectivity index (χ2n) is 4.84. The van der Waals surface area contributed by atoms with Gasteiger partial charge in [0.15, 0.2) is 5.82 Å². The normalized spacial score (nSPS) is 10.2. The number of ether oxygens (including phenoxy) is 1. The van der Waals surface area contributed by atoms with E-state index in [1.165, 1.54) is 10.5 Å². The van der Waals surface area contributed by atoms with Gasteiger partial charge < -0.3 is 14.2 Å². The maximum atomic E-state index is 11.9. The van der Waals surface area contributed by atoms with Crippen LogP contribution in [-0.2, 0) is 0 Å².